The van der Waals surface area contributed by atoms with Crippen molar-refractivity contribution in [1.82, 2.24) is 10.2 Å². The van der Waals surface area contributed by atoms with Gasteiger partial charge < -0.3 is 5.32 Å². The Morgan fingerprint density at radius 3 is 2.50 bits per heavy atom. The molecule has 0 aliphatic carbocycles. The number of hydrogen-bond acceptors (Lipinski definition) is 2. The van der Waals surface area contributed by atoms with Gasteiger partial charge in [0.15, 0.2) is 0 Å². The summed E-state index contributed by atoms with van der Waals surface area (Å²) >= 11 is 11.9. The van der Waals surface area contributed by atoms with Gasteiger partial charge in [0.2, 0.25) is 5.91 Å². The Balaban J connectivity index is 1.90. The largest absolute Gasteiger partial charge is 0.348 e. The maximum absolute atomic E-state index is 13.8. The number of nitrogens with zero attached hydrogens (tertiary/aromatic N) is 1. The molecule has 0 saturated heterocycles. The second kappa shape index (κ2) is 8.47. The molecular formula is C18H19Cl2FN2O. The zero-order valence-corrected chi connectivity index (χ0v) is 15.0. The molecule has 0 aliphatic heterocycles. The predicted molar refractivity (Wildman–Crippen MR) is 95.8 cm³/mol. The maximum atomic E-state index is 13.8. The summed E-state index contributed by atoms with van der Waals surface area (Å²) in [7, 11) is 1.75. The van der Waals surface area contributed by atoms with Crippen LogP contribution >= 0.6 is 23.2 Å². The second-order valence-electron chi connectivity index (χ2n) is 5.71. The third-order valence-corrected chi connectivity index (χ3v) is 4.26. The van der Waals surface area contributed by atoms with Crippen molar-refractivity contribution in [2.24, 2.45) is 0 Å². The average Bonchev–Trinajstić information content (AvgIpc) is 2.51. The van der Waals surface area contributed by atoms with E-state index in [9.17, 15) is 9.18 Å². The first-order chi connectivity index (χ1) is 11.4. The third kappa shape index (κ3) is 5.20. The van der Waals surface area contributed by atoms with E-state index in [1.807, 2.05) is 19.1 Å². The molecule has 1 atom stereocenters. The lowest BCUT2D eigenvalue weighted by Crippen LogP contribution is -2.36. The first-order valence-electron chi connectivity index (χ1n) is 7.53. The van der Waals surface area contributed by atoms with Crippen LogP contribution in [0.4, 0.5) is 4.39 Å². The molecule has 0 bridgehead atoms. The van der Waals surface area contributed by atoms with Crippen LogP contribution in [0.5, 0.6) is 0 Å². The van der Waals surface area contributed by atoms with E-state index < -0.39 is 0 Å². The molecule has 1 N–H and O–H groups in total. The Morgan fingerprint density at radius 1 is 1.21 bits per heavy atom. The Hall–Kier alpha value is -1.62. The number of carbonyl (C=O) groups excluding carboxylic acids is 1. The molecular weight excluding hydrogens is 350 g/mol. The van der Waals surface area contributed by atoms with E-state index in [1.165, 1.54) is 6.07 Å². The summed E-state index contributed by atoms with van der Waals surface area (Å²) in [5.41, 5.74) is 1.35. The summed E-state index contributed by atoms with van der Waals surface area (Å²) in [5, 5.41) is 3.92. The van der Waals surface area contributed by atoms with Gasteiger partial charge in [-0.1, -0.05) is 41.4 Å². The van der Waals surface area contributed by atoms with Gasteiger partial charge in [0.1, 0.15) is 5.82 Å². The van der Waals surface area contributed by atoms with E-state index in [-0.39, 0.29) is 30.9 Å². The van der Waals surface area contributed by atoms with E-state index in [4.69, 9.17) is 23.2 Å². The lowest BCUT2D eigenvalue weighted by atomic mass is 10.1. The average molecular weight is 369 g/mol. The summed E-state index contributed by atoms with van der Waals surface area (Å²) in [4.78, 5) is 13.9. The van der Waals surface area contributed by atoms with Gasteiger partial charge in [-0.15, -0.1) is 0 Å². The van der Waals surface area contributed by atoms with Crippen LogP contribution in [0.15, 0.2) is 42.5 Å². The predicted octanol–water partition coefficient (Wildman–Crippen LogP) is 4.44. The second-order valence-corrected chi connectivity index (χ2v) is 6.56. The van der Waals surface area contributed by atoms with Gasteiger partial charge in [-0.2, -0.15) is 0 Å². The minimum atomic E-state index is -0.371. The number of likely N-dealkylation sites (N-methyl/N-ethyl adjacent to an activating group) is 1. The van der Waals surface area contributed by atoms with Gasteiger partial charge in [0, 0.05) is 22.2 Å². The normalized spacial score (nSPS) is 12.2. The molecule has 128 valence electrons. The van der Waals surface area contributed by atoms with Crippen molar-refractivity contribution in [3.8, 4) is 0 Å². The van der Waals surface area contributed by atoms with Crippen LogP contribution in [0.1, 0.15) is 24.1 Å². The number of carbonyl (C=O) groups is 1. The van der Waals surface area contributed by atoms with Crippen LogP contribution in [-0.2, 0) is 11.3 Å². The van der Waals surface area contributed by atoms with Crippen molar-refractivity contribution in [1.29, 1.82) is 0 Å². The number of nitrogens with one attached hydrogen (secondary N) is 1. The molecule has 1 unspecified atom stereocenters. The van der Waals surface area contributed by atoms with Crippen molar-refractivity contribution in [3.05, 3.63) is 69.5 Å². The Labute approximate surface area is 151 Å². The Bertz CT molecular complexity index is 686. The molecule has 0 fully saturated rings. The van der Waals surface area contributed by atoms with Crippen molar-refractivity contribution < 1.29 is 9.18 Å². The summed E-state index contributed by atoms with van der Waals surface area (Å²) in [5.74, 6) is -0.517. The number of rotatable bonds is 6. The Kier molecular flexibility index (Phi) is 6.60. The smallest absolute Gasteiger partial charge is 0.234 e. The van der Waals surface area contributed by atoms with Crippen LogP contribution in [-0.4, -0.2) is 24.4 Å². The van der Waals surface area contributed by atoms with Gasteiger partial charge in [-0.3, -0.25) is 9.69 Å². The lowest BCUT2D eigenvalue weighted by Gasteiger charge is -2.20. The van der Waals surface area contributed by atoms with E-state index in [2.05, 4.69) is 5.32 Å². The molecule has 0 spiro atoms. The van der Waals surface area contributed by atoms with Crippen LogP contribution in [0.3, 0.4) is 0 Å². The number of amides is 1. The van der Waals surface area contributed by atoms with Gasteiger partial charge in [-0.05, 0) is 43.8 Å². The van der Waals surface area contributed by atoms with E-state index >= 15 is 0 Å². The topological polar surface area (TPSA) is 32.3 Å². The number of benzene rings is 2. The molecule has 2 aromatic rings. The maximum Gasteiger partial charge on any atom is 0.234 e. The van der Waals surface area contributed by atoms with Crippen molar-refractivity contribution in [3.63, 3.8) is 0 Å². The molecule has 0 aromatic heterocycles. The molecule has 3 nitrogen and oxygen atoms in total. The summed E-state index contributed by atoms with van der Waals surface area (Å²) in [6.07, 6.45) is 0. The van der Waals surface area contributed by atoms with Crippen LogP contribution < -0.4 is 5.32 Å². The van der Waals surface area contributed by atoms with Crippen molar-refractivity contribution in [2.45, 2.75) is 19.5 Å². The minimum absolute atomic E-state index is 0.139. The van der Waals surface area contributed by atoms with Gasteiger partial charge in [-0.25, -0.2) is 4.39 Å². The fourth-order valence-electron chi connectivity index (χ4n) is 2.38. The molecule has 6 heteroatoms. The summed E-state index contributed by atoms with van der Waals surface area (Å²) < 4.78 is 13.8. The molecule has 0 radical (unpaired) electrons. The molecule has 0 aliphatic rings. The van der Waals surface area contributed by atoms with Gasteiger partial charge in [0.05, 0.1) is 12.6 Å². The molecule has 24 heavy (non-hydrogen) atoms. The van der Waals surface area contributed by atoms with Gasteiger partial charge in [0.25, 0.3) is 0 Å². The fourth-order valence-corrected chi connectivity index (χ4v) is 2.73. The standard InChI is InChI=1S/C18H19Cl2FN2O/c1-12(13-6-8-14(19)9-7-13)22-18(24)11-23(2)10-15-16(20)4-3-5-17(15)21/h3-9,12H,10-11H2,1-2H3,(H,22,24). The van der Waals surface area contributed by atoms with E-state index in [0.29, 0.717) is 15.6 Å². The fraction of sp³-hybridized carbons (Fsp3) is 0.278. The Morgan fingerprint density at radius 2 is 1.88 bits per heavy atom. The minimum Gasteiger partial charge on any atom is -0.348 e. The number of hydrogen-bond donors (Lipinski definition) is 1. The zero-order chi connectivity index (χ0) is 17.7. The summed E-state index contributed by atoms with van der Waals surface area (Å²) in [6.45, 7) is 2.30. The van der Waals surface area contributed by atoms with E-state index in [0.717, 1.165) is 5.56 Å². The zero-order valence-electron chi connectivity index (χ0n) is 13.5. The highest BCUT2D eigenvalue weighted by Gasteiger charge is 2.14. The lowest BCUT2D eigenvalue weighted by molar-refractivity contribution is -0.122. The molecule has 0 heterocycles. The number of halogens is 3. The molecule has 2 rings (SSSR count). The molecule has 2 aromatic carbocycles. The quantitative estimate of drug-likeness (QED) is 0.817. The highest BCUT2D eigenvalue weighted by Crippen LogP contribution is 2.20. The summed E-state index contributed by atoms with van der Waals surface area (Å²) in [6, 6.07) is 11.7. The van der Waals surface area contributed by atoms with Crippen LogP contribution in [0.2, 0.25) is 10.0 Å². The third-order valence-electron chi connectivity index (χ3n) is 3.65. The van der Waals surface area contributed by atoms with E-state index in [1.54, 1.807) is 36.2 Å². The highest BCUT2D eigenvalue weighted by atomic mass is 35.5. The van der Waals surface area contributed by atoms with Crippen molar-refractivity contribution in [2.75, 3.05) is 13.6 Å². The SMILES string of the molecule is CC(NC(=O)CN(C)Cc1c(F)cccc1Cl)c1ccc(Cl)cc1. The van der Waals surface area contributed by atoms with Crippen LogP contribution in [0, 0.1) is 5.82 Å². The monoisotopic (exact) mass is 368 g/mol. The van der Waals surface area contributed by atoms with Crippen LogP contribution in [0.25, 0.3) is 0 Å². The molecule has 0 saturated carbocycles. The molecule has 1 amide bonds. The highest BCUT2D eigenvalue weighted by molar-refractivity contribution is 6.31. The first kappa shape index (κ1) is 18.7. The first-order valence-corrected chi connectivity index (χ1v) is 8.28. The van der Waals surface area contributed by atoms with Crippen molar-refractivity contribution >= 4 is 29.1 Å². The van der Waals surface area contributed by atoms with Gasteiger partial charge >= 0.3 is 0 Å².